The van der Waals surface area contributed by atoms with E-state index in [-0.39, 0.29) is 5.60 Å². The van der Waals surface area contributed by atoms with Gasteiger partial charge in [0.25, 0.3) is 0 Å². The third-order valence-electron chi connectivity index (χ3n) is 5.37. The second-order valence-electron chi connectivity index (χ2n) is 7.07. The average molecular weight is 299 g/mol. The summed E-state index contributed by atoms with van der Waals surface area (Å²) >= 11 is 0. The van der Waals surface area contributed by atoms with Crippen LogP contribution < -0.4 is 11.3 Å². The first-order valence-electron chi connectivity index (χ1n) is 9.21. The molecule has 0 heterocycles. The molecule has 0 saturated heterocycles. The molecule has 1 rings (SSSR count). The Morgan fingerprint density at radius 2 is 2.10 bits per heavy atom. The molecule has 0 aromatic carbocycles. The van der Waals surface area contributed by atoms with Crippen molar-refractivity contribution in [2.75, 3.05) is 6.61 Å². The number of nitrogens with two attached hydrogens (primary N) is 1. The number of hydrogen-bond acceptors (Lipinski definition) is 3. The summed E-state index contributed by atoms with van der Waals surface area (Å²) in [5.41, 5.74) is 3.09. The van der Waals surface area contributed by atoms with Crippen molar-refractivity contribution in [2.45, 2.75) is 97.1 Å². The van der Waals surface area contributed by atoms with Crippen LogP contribution >= 0.6 is 0 Å². The Balaban J connectivity index is 2.76. The molecule has 1 saturated carbocycles. The molecule has 3 nitrogen and oxygen atoms in total. The Kier molecular flexibility index (Phi) is 8.84. The van der Waals surface area contributed by atoms with Gasteiger partial charge in [0.1, 0.15) is 0 Å². The van der Waals surface area contributed by atoms with E-state index in [0.717, 1.165) is 37.7 Å². The topological polar surface area (TPSA) is 47.3 Å². The Morgan fingerprint density at radius 1 is 1.33 bits per heavy atom. The van der Waals surface area contributed by atoms with E-state index in [9.17, 15) is 0 Å². The highest BCUT2D eigenvalue weighted by Crippen LogP contribution is 2.40. The lowest BCUT2D eigenvalue weighted by Gasteiger charge is -2.46. The van der Waals surface area contributed by atoms with Crippen LogP contribution in [0.1, 0.15) is 85.5 Å². The van der Waals surface area contributed by atoms with Gasteiger partial charge in [-0.25, -0.2) is 0 Å². The van der Waals surface area contributed by atoms with E-state index in [1.54, 1.807) is 0 Å². The second-order valence-corrected chi connectivity index (χ2v) is 7.07. The van der Waals surface area contributed by atoms with E-state index >= 15 is 0 Å². The van der Waals surface area contributed by atoms with Crippen LogP contribution in [0, 0.1) is 11.8 Å². The van der Waals surface area contributed by atoms with Crippen LogP contribution in [0.15, 0.2) is 0 Å². The minimum Gasteiger partial charge on any atom is -0.374 e. The smallest absolute Gasteiger partial charge is 0.0850 e. The molecule has 0 aromatic heterocycles. The van der Waals surface area contributed by atoms with Crippen LogP contribution in [0.2, 0.25) is 0 Å². The van der Waals surface area contributed by atoms with Crippen molar-refractivity contribution in [3.8, 4) is 0 Å². The summed E-state index contributed by atoms with van der Waals surface area (Å²) in [6, 6.07) is 0.294. The summed E-state index contributed by atoms with van der Waals surface area (Å²) in [6.45, 7) is 9.84. The molecule has 0 aromatic rings. The number of ether oxygens (including phenoxy) is 1. The first kappa shape index (κ1) is 18.9. The largest absolute Gasteiger partial charge is 0.374 e. The van der Waals surface area contributed by atoms with Crippen molar-refractivity contribution in [1.82, 2.24) is 5.43 Å². The van der Waals surface area contributed by atoms with Gasteiger partial charge in [0.15, 0.2) is 0 Å². The summed E-state index contributed by atoms with van der Waals surface area (Å²) in [5, 5.41) is 0. The average Bonchev–Trinajstić information content (AvgIpc) is 2.48. The van der Waals surface area contributed by atoms with Gasteiger partial charge in [-0.2, -0.15) is 0 Å². The van der Waals surface area contributed by atoms with Gasteiger partial charge in [-0.1, -0.05) is 59.3 Å². The molecule has 0 aliphatic heterocycles. The summed E-state index contributed by atoms with van der Waals surface area (Å²) in [6.07, 6.45) is 11.2. The molecule has 0 amide bonds. The summed E-state index contributed by atoms with van der Waals surface area (Å²) in [5.74, 6) is 7.48. The van der Waals surface area contributed by atoms with Gasteiger partial charge in [0.05, 0.1) is 11.6 Å². The molecule has 4 unspecified atom stereocenters. The number of hydrogen-bond donors (Lipinski definition) is 2. The lowest BCUT2D eigenvalue weighted by atomic mass is 9.72. The summed E-state index contributed by atoms with van der Waals surface area (Å²) in [4.78, 5) is 0. The SMILES string of the molecule is CCCCC(CC)CC(NN)C1(OCC)CCCC(C)C1. The van der Waals surface area contributed by atoms with Crippen molar-refractivity contribution >= 4 is 0 Å². The van der Waals surface area contributed by atoms with Crippen molar-refractivity contribution in [1.29, 1.82) is 0 Å². The van der Waals surface area contributed by atoms with E-state index in [1.807, 2.05) is 0 Å². The van der Waals surface area contributed by atoms with Gasteiger partial charge in [0.2, 0.25) is 0 Å². The zero-order valence-electron chi connectivity index (χ0n) is 14.8. The van der Waals surface area contributed by atoms with Crippen molar-refractivity contribution in [3.05, 3.63) is 0 Å². The molecular formula is C18H38N2O. The molecule has 1 aliphatic rings. The number of hydrazine groups is 1. The van der Waals surface area contributed by atoms with Crippen LogP contribution in [-0.2, 0) is 4.74 Å². The number of nitrogens with one attached hydrogen (secondary N) is 1. The molecule has 3 heteroatoms. The highest BCUT2D eigenvalue weighted by atomic mass is 16.5. The van der Waals surface area contributed by atoms with Gasteiger partial charge in [-0.15, -0.1) is 0 Å². The highest BCUT2D eigenvalue weighted by Gasteiger charge is 2.42. The zero-order valence-corrected chi connectivity index (χ0v) is 14.8. The molecule has 0 radical (unpaired) electrons. The Bertz CT molecular complexity index is 268. The van der Waals surface area contributed by atoms with Crippen LogP contribution in [0.5, 0.6) is 0 Å². The predicted octanol–water partition coefficient (Wildman–Crippen LogP) is 4.41. The molecule has 3 N–H and O–H groups in total. The molecule has 4 atom stereocenters. The molecule has 0 bridgehead atoms. The van der Waals surface area contributed by atoms with E-state index in [0.29, 0.717) is 6.04 Å². The van der Waals surface area contributed by atoms with Crippen molar-refractivity contribution in [2.24, 2.45) is 17.7 Å². The molecule has 0 spiro atoms. The normalized spacial score (nSPS) is 29.3. The van der Waals surface area contributed by atoms with Gasteiger partial charge in [-0.05, 0) is 38.0 Å². The van der Waals surface area contributed by atoms with Crippen molar-refractivity contribution in [3.63, 3.8) is 0 Å². The maximum absolute atomic E-state index is 6.30. The first-order chi connectivity index (χ1) is 10.1. The van der Waals surface area contributed by atoms with Crippen LogP contribution in [0.3, 0.4) is 0 Å². The van der Waals surface area contributed by atoms with E-state index in [1.165, 1.54) is 38.5 Å². The van der Waals surface area contributed by atoms with Crippen LogP contribution in [0.4, 0.5) is 0 Å². The van der Waals surface area contributed by atoms with Gasteiger partial charge in [0, 0.05) is 6.61 Å². The summed E-state index contributed by atoms with van der Waals surface area (Å²) < 4.78 is 6.30. The predicted molar refractivity (Wildman–Crippen MR) is 91.0 cm³/mol. The third kappa shape index (κ3) is 5.54. The molecule has 21 heavy (non-hydrogen) atoms. The standard InChI is InChI=1S/C18H38N2O/c1-5-8-11-16(6-2)13-17(20-19)18(21-7-3)12-9-10-15(4)14-18/h15-17,20H,5-14,19H2,1-4H3. The number of unbranched alkanes of at least 4 members (excludes halogenated alkanes) is 1. The minimum absolute atomic E-state index is 0.0409. The van der Waals surface area contributed by atoms with Gasteiger partial charge in [-0.3, -0.25) is 11.3 Å². The Labute approximate surface area is 132 Å². The van der Waals surface area contributed by atoms with Crippen LogP contribution in [0.25, 0.3) is 0 Å². The number of rotatable bonds is 10. The monoisotopic (exact) mass is 298 g/mol. The fourth-order valence-electron chi connectivity index (χ4n) is 4.13. The van der Waals surface area contributed by atoms with Crippen molar-refractivity contribution < 1.29 is 4.74 Å². The molecule has 126 valence electrons. The van der Waals surface area contributed by atoms with E-state index < -0.39 is 0 Å². The van der Waals surface area contributed by atoms with E-state index in [4.69, 9.17) is 10.6 Å². The van der Waals surface area contributed by atoms with Gasteiger partial charge >= 0.3 is 0 Å². The zero-order chi connectivity index (χ0) is 15.7. The molecule has 1 aliphatic carbocycles. The maximum Gasteiger partial charge on any atom is 0.0850 e. The molecular weight excluding hydrogens is 260 g/mol. The Hall–Kier alpha value is -0.120. The first-order valence-corrected chi connectivity index (χ1v) is 9.21. The second kappa shape index (κ2) is 9.81. The fraction of sp³-hybridized carbons (Fsp3) is 1.00. The third-order valence-corrected chi connectivity index (χ3v) is 5.37. The fourth-order valence-corrected chi connectivity index (χ4v) is 4.13. The quantitative estimate of drug-likeness (QED) is 0.464. The highest BCUT2D eigenvalue weighted by molar-refractivity contribution is 4.97. The lowest BCUT2D eigenvalue weighted by Crippen LogP contribution is -2.57. The maximum atomic E-state index is 6.30. The van der Waals surface area contributed by atoms with Gasteiger partial charge < -0.3 is 4.74 Å². The minimum atomic E-state index is -0.0409. The lowest BCUT2D eigenvalue weighted by molar-refractivity contribution is -0.105. The Morgan fingerprint density at radius 3 is 2.62 bits per heavy atom. The van der Waals surface area contributed by atoms with Crippen LogP contribution in [-0.4, -0.2) is 18.2 Å². The van der Waals surface area contributed by atoms with E-state index in [2.05, 4.69) is 33.1 Å². The molecule has 1 fully saturated rings. The summed E-state index contributed by atoms with van der Waals surface area (Å²) in [7, 11) is 0.